The second-order valence-corrected chi connectivity index (χ2v) is 12.9. The standard InChI is InChI=1S/C33H46N6O4S/c1-6-10-11-15-18-30-34-25(5)31-33(40)35-32(36-39(30)31)28-23-27(19-20-29(28)43-9-4)44(41,42)38(22-21-37(7-2)8-3)24-26-16-13-12-14-17-26/h12-14,16-17,19-20,23H,6-11,15,18,21-22,24H2,1-5H3,(H,35,36,40). The first-order chi connectivity index (χ1) is 21.2. The lowest BCUT2D eigenvalue weighted by atomic mass is 10.1. The minimum Gasteiger partial charge on any atom is -0.493 e. The number of sulfonamides is 1. The number of aromatic nitrogens is 4. The number of rotatable bonds is 17. The third-order valence-electron chi connectivity index (χ3n) is 7.90. The summed E-state index contributed by atoms with van der Waals surface area (Å²) in [7, 11) is -3.94. The highest BCUT2D eigenvalue weighted by Gasteiger charge is 2.27. The summed E-state index contributed by atoms with van der Waals surface area (Å²) in [6.07, 6.45) is 4.97. The molecule has 4 rings (SSSR count). The molecule has 2 heterocycles. The van der Waals surface area contributed by atoms with Crippen molar-refractivity contribution < 1.29 is 13.2 Å². The number of unbranched alkanes of at least 4 members (excludes halogenated alkanes) is 3. The van der Waals surface area contributed by atoms with Gasteiger partial charge in [-0.2, -0.15) is 4.31 Å². The summed E-state index contributed by atoms with van der Waals surface area (Å²) >= 11 is 0. The largest absolute Gasteiger partial charge is 0.493 e. The van der Waals surface area contributed by atoms with Crippen LogP contribution in [0.25, 0.3) is 16.9 Å². The fraction of sp³-hybridized carbons (Fsp3) is 0.485. The molecule has 0 atom stereocenters. The number of likely N-dealkylation sites (N-methyl/N-ethyl adjacent to an activating group) is 1. The van der Waals surface area contributed by atoms with E-state index < -0.39 is 10.0 Å². The zero-order valence-electron chi connectivity index (χ0n) is 26.7. The number of aromatic amines is 1. The van der Waals surface area contributed by atoms with Crippen molar-refractivity contribution >= 4 is 15.5 Å². The lowest BCUT2D eigenvalue weighted by Gasteiger charge is -2.26. The van der Waals surface area contributed by atoms with Crippen molar-refractivity contribution in [2.75, 3.05) is 32.8 Å². The van der Waals surface area contributed by atoms with Gasteiger partial charge in [0.05, 0.1) is 22.8 Å². The summed E-state index contributed by atoms with van der Waals surface area (Å²) in [5, 5.41) is 4.79. The van der Waals surface area contributed by atoms with E-state index in [0.717, 1.165) is 44.3 Å². The second-order valence-electron chi connectivity index (χ2n) is 10.9. The van der Waals surface area contributed by atoms with E-state index in [-0.39, 0.29) is 22.8 Å². The van der Waals surface area contributed by atoms with Crippen LogP contribution in [0.3, 0.4) is 0 Å². The van der Waals surface area contributed by atoms with E-state index in [1.807, 2.05) is 37.3 Å². The first-order valence-electron chi connectivity index (χ1n) is 15.8. The highest BCUT2D eigenvalue weighted by molar-refractivity contribution is 7.89. The minimum atomic E-state index is -3.94. The summed E-state index contributed by atoms with van der Waals surface area (Å²) in [5.41, 5.74) is 1.98. The number of hydrogen-bond acceptors (Lipinski definition) is 7. The molecule has 1 N–H and O–H groups in total. The molecule has 0 bridgehead atoms. The fourth-order valence-electron chi connectivity index (χ4n) is 5.38. The summed E-state index contributed by atoms with van der Waals surface area (Å²) in [5.74, 6) is 1.38. The topological polar surface area (TPSA) is 113 Å². The Morgan fingerprint density at radius 1 is 0.955 bits per heavy atom. The van der Waals surface area contributed by atoms with E-state index in [9.17, 15) is 13.2 Å². The average molecular weight is 623 g/mol. The first kappa shape index (κ1) is 33.4. The number of ether oxygens (including phenoxy) is 1. The molecule has 4 aromatic rings. The molecular weight excluding hydrogens is 576 g/mol. The predicted octanol–water partition coefficient (Wildman–Crippen LogP) is 5.45. The molecule has 0 amide bonds. The van der Waals surface area contributed by atoms with Gasteiger partial charge in [0.1, 0.15) is 11.6 Å². The molecule has 0 radical (unpaired) electrons. The van der Waals surface area contributed by atoms with Crippen molar-refractivity contribution in [1.82, 2.24) is 28.8 Å². The van der Waals surface area contributed by atoms with Gasteiger partial charge in [0.2, 0.25) is 10.0 Å². The van der Waals surface area contributed by atoms with Crippen molar-refractivity contribution in [2.45, 2.75) is 78.2 Å². The maximum absolute atomic E-state index is 14.2. The Hall–Kier alpha value is -3.54. The quantitative estimate of drug-likeness (QED) is 0.156. The summed E-state index contributed by atoms with van der Waals surface area (Å²) in [6.45, 7) is 13.2. The summed E-state index contributed by atoms with van der Waals surface area (Å²) in [6, 6.07) is 14.4. The van der Waals surface area contributed by atoms with Gasteiger partial charge in [-0.15, -0.1) is 5.10 Å². The van der Waals surface area contributed by atoms with Crippen LogP contribution >= 0.6 is 0 Å². The number of fused-ring (bicyclic) bond motifs is 1. The maximum Gasteiger partial charge on any atom is 0.277 e. The smallest absolute Gasteiger partial charge is 0.277 e. The van der Waals surface area contributed by atoms with Crippen LogP contribution in [0.2, 0.25) is 0 Å². The fourth-order valence-corrected chi connectivity index (χ4v) is 6.82. The Morgan fingerprint density at radius 2 is 1.70 bits per heavy atom. The van der Waals surface area contributed by atoms with Gasteiger partial charge >= 0.3 is 0 Å². The van der Waals surface area contributed by atoms with E-state index in [2.05, 4.69) is 35.6 Å². The number of imidazole rings is 1. The second kappa shape index (κ2) is 15.5. The van der Waals surface area contributed by atoms with Crippen molar-refractivity contribution in [1.29, 1.82) is 0 Å². The summed E-state index contributed by atoms with van der Waals surface area (Å²) < 4.78 is 37.5. The van der Waals surface area contributed by atoms with Crippen LogP contribution in [0.4, 0.5) is 0 Å². The number of nitrogens with one attached hydrogen (secondary N) is 1. The Bertz CT molecular complexity index is 1680. The van der Waals surface area contributed by atoms with Gasteiger partial charge in [-0.05, 0) is 57.1 Å². The van der Waals surface area contributed by atoms with Crippen LogP contribution in [-0.4, -0.2) is 70.0 Å². The zero-order chi connectivity index (χ0) is 31.7. The third kappa shape index (κ3) is 7.75. The van der Waals surface area contributed by atoms with Crippen molar-refractivity contribution in [3.63, 3.8) is 0 Å². The molecule has 2 aromatic heterocycles. The van der Waals surface area contributed by atoms with Gasteiger partial charge in [-0.3, -0.25) is 4.79 Å². The molecule has 0 aliphatic carbocycles. The van der Waals surface area contributed by atoms with Gasteiger partial charge in [-0.25, -0.2) is 17.9 Å². The number of nitrogens with zero attached hydrogens (tertiary/aromatic N) is 5. The van der Waals surface area contributed by atoms with Gasteiger partial charge in [-0.1, -0.05) is 70.4 Å². The Kier molecular flexibility index (Phi) is 11.7. The lowest BCUT2D eigenvalue weighted by molar-refractivity contribution is 0.268. The van der Waals surface area contributed by atoms with Gasteiger partial charge in [0.15, 0.2) is 11.3 Å². The van der Waals surface area contributed by atoms with Gasteiger partial charge < -0.3 is 14.6 Å². The molecule has 11 heteroatoms. The molecule has 0 aliphatic heterocycles. The monoisotopic (exact) mass is 622 g/mol. The molecule has 0 saturated carbocycles. The van der Waals surface area contributed by atoms with Crippen molar-refractivity contribution in [2.24, 2.45) is 0 Å². The summed E-state index contributed by atoms with van der Waals surface area (Å²) in [4.78, 5) is 23.2. The van der Waals surface area contributed by atoms with Gasteiger partial charge in [0, 0.05) is 26.1 Å². The van der Waals surface area contributed by atoms with Crippen LogP contribution in [0.15, 0.2) is 58.2 Å². The van der Waals surface area contributed by atoms with E-state index in [0.29, 0.717) is 54.5 Å². The molecule has 0 aliphatic rings. The number of H-pyrrole nitrogens is 1. The molecule has 10 nitrogen and oxygen atoms in total. The van der Waals surface area contributed by atoms with Crippen molar-refractivity contribution in [3.05, 3.63) is 76.0 Å². The van der Waals surface area contributed by atoms with E-state index >= 15 is 0 Å². The number of aryl methyl sites for hydroxylation is 2. The SMILES string of the molecule is CCCCCCc1nc(C)c2c(=O)[nH]c(-c3cc(S(=O)(=O)N(CCN(CC)CC)Cc4ccccc4)ccc3OCC)nn12. The number of hydrogen-bond donors (Lipinski definition) is 1. The van der Waals surface area contributed by atoms with E-state index in [4.69, 9.17) is 9.84 Å². The third-order valence-corrected chi connectivity index (χ3v) is 9.74. The minimum absolute atomic E-state index is 0.107. The van der Waals surface area contributed by atoms with Crippen LogP contribution in [0.5, 0.6) is 5.75 Å². The Balaban J connectivity index is 1.78. The van der Waals surface area contributed by atoms with Crippen molar-refractivity contribution in [3.8, 4) is 17.1 Å². The highest BCUT2D eigenvalue weighted by Crippen LogP contribution is 2.32. The van der Waals surface area contributed by atoms with Gasteiger partial charge in [0.25, 0.3) is 5.56 Å². The molecule has 44 heavy (non-hydrogen) atoms. The van der Waals surface area contributed by atoms with Crippen LogP contribution in [0.1, 0.15) is 70.5 Å². The predicted molar refractivity (Wildman–Crippen MR) is 175 cm³/mol. The normalized spacial score (nSPS) is 12.1. The zero-order valence-corrected chi connectivity index (χ0v) is 27.5. The lowest BCUT2D eigenvalue weighted by Crippen LogP contribution is -2.38. The molecule has 238 valence electrons. The Labute approximate surface area is 261 Å². The molecule has 2 aromatic carbocycles. The molecular formula is C33H46N6O4S. The maximum atomic E-state index is 14.2. The first-order valence-corrected chi connectivity index (χ1v) is 17.2. The molecule has 0 saturated heterocycles. The van der Waals surface area contributed by atoms with Crippen LogP contribution < -0.4 is 10.3 Å². The number of benzene rings is 2. The van der Waals surface area contributed by atoms with Crippen LogP contribution in [-0.2, 0) is 23.0 Å². The molecule has 0 spiro atoms. The highest BCUT2D eigenvalue weighted by atomic mass is 32.2. The molecule has 0 unspecified atom stereocenters. The average Bonchev–Trinajstić information content (AvgIpc) is 3.35. The van der Waals surface area contributed by atoms with E-state index in [1.165, 1.54) is 4.31 Å². The van der Waals surface area contributed by atoms with Crippen LogP contribution in [0, 0.1) is 6.92 Å². The Morgan fingerprint density at radius 3 is 2.39 bits per heavy atom. The van der Waals surface area contributed by atoms with E-state index in [1.54, 1.807) is 29.6 Å². The molecule has 0 fully saturated rings.